The van der Waals surface area contributed by atoms with Gasteiger partial charge in [-0.2, -0.15) is 0 Å². The molecule has 0 spiro atoms. The number of alkyl halides is 3. The maximum absolute atomic E-state index is 13.5. The Labute approximate surface area is 224 Å². The van der Waals surface area contributed by atoms with Gasteiger partial charge in [0.25, 0.3) is 0 Å². The van der Waals surface area contributed by atoms with E-state index in [0.29, 0.717) is 43.6 Å². The number of aromatic nitrogens is 2. The van der Waals surface area contributed by atoms with E-state index < -0.39 is 23.2 Å². The number of amides is 1. The van der Waals surface area contributed by atoms with Crippen LogP contribution in [0.1, 0.15) is 56.9 Å². The lowest BCUT2D eigenvalue weighted by Gasteiger charge is -2.39. The highest BCUT2D eigenvalue weighted by molar-refractivity contribution is 5.84. The average Bonchev–Trinajstić information content (AvgIpc) is 3.30. The Kier molecular flexibility index (Phi) is 6.63. The third kappa shape index (κ3) is 4.85. The minimum Gasteiger partial charge on any atom is -0.481 e. The fraction of sp³-hybridized carbons (Fsp3) is 0.483. The van der Waals surface area contributed by atoms with Crippen molar-refractivity contribution in [3.8, 4) is 5.75 Å². The van der Waals surface area contributed by atoms with E-state index in [1.54, 1.807) is 19.2 Å². The van der Waals surface area contributed by atoms with Crippen LogP contribution in [-0.4, -0.2) is 44.3 Å². The van der Waals surface area contributed by atoms with Gasteiger partial charge in [-0.25, -0.2) is 4.98 Å². The Morgan fingerprint density at radius 2 is 1.95 bits per heavy atom. The van der Waals surface area contributed by atoms with E-state index in [4.69, 9.17) is 0 Å². The Bertz CT molecular complexity index is 1430. The fourth-order valence-electron chi connectivity index (χ4n) is 6.34. The molecule has 0 saturated heterocycles. The monoisotopic (exact) mass is 543 g/mol. The zero-order valence-electron chi connectivity index (χ0n) is 22.2. The summed E-state index contributed by atoms with van der Waals surface area (Å²) in [6, 6.07) is 9.71. The largest absolute Gasteiger partial charge is 0.573 e. The molecule has 1 aromatic carbocycles. The van der Waals surface area contributed by atoms with Crippen LogP contribution >= 0.6 is 0 Å². The number of carbonyl (C=O) groups is 2. The van der Waals surface area contributed by atoms with E-state index in [-0.39, 0.29) is 30.5 Å². The predicted molar refractivity (Wildman–Crippen MR) is 138 cm³/mol. The first-order valence-corrected chi connectivity index (χ1v) is 13.1. The lowest BCUT2D eigenvalue weighted by molar-refractivity contribution is -0.274. The van der Waals surface area contributed by atoms with Gasteiger partial charge in [-0.3, -0.25) is 9.59 Å². The highest BCUT2D eigenvalue weighted by Crippen LogP contribution is 2.57. The minimum atomic E-state index is -4.78. The topological polar surface area (TPSA) is 84.7 Å². The first kappa shape index (κ1) is 27.0. The molecule has 0 bridgehead atoms. The maximum Gasteiger partial charge on any atom is 0.573 e. The summed E-state index contributed by atoms with van der Waals surface area (Å²) in [7, 11) is 0. The van der Waals surface area contributed by atoms with Gasteiger partial charge in [0.05, 0.1) is 12.0 Å². The number of benzene rings is 1. The summed E-state index contributed by atoms with van der Waals surface area (Å²) in [6.07, 6.45) is -0.974. The summed E-state index contributed by atoms with van der Waals surface area (Å²) in [5.41, 5.74) is 1.92. The third-order valence-electron chi connectivity index (χ3n) is 9.17. The van der Waals surface area contributed by atoms with E-state index in [2.05, 4.69) is 9.72 Å². The summed E-state index contributed by atoms with van der Waals surface area (Å²) >= 11 is 0. The number of hydrogen-bond donors (Lipinski definition) is 1. The summed E-state index contributed by atoms with van der Waals surface area (Å²) in [4.78, 5) is 31.9. The highest BCUT2D eigenvalue weighted by Gasteiger charge is 2.56. The number of rotatable bonds is 6. The lowest BCUT2D eigenvalue weighted by Crippen LogP contribution is -2.43. The number of fused-ring (bicyclic) bond motifs is 3. The van der Waals surface area contributed by atoms with Gasteiger partial charge >= 0.3 is 12.3 Å². The molecule has 1 N–H and O–H groups in total. The zero-order chi connectivity index (χ0) is 28.2. The third-order valence-corrected chi connectivity index (χ3v) is 9.17. The predicted octanol–water partition coefficient (Wildman–Crippen LogP) is 5.79. The van der Waals surface area contributed by atoms with Crippen LogP contribution < -0.4 is 4.74 Å². The van der Waals surface area contributed by atoms with Crippen molar-refractivity contribution in [2.45, 2.75) is 65.9 Å². The van der Waals surface area contributed by atoms with E-state index >= 15 is 0 Å². The van der Waals surface area contributed by atoms with E-state index in [1.807, 2.05) is 35.4 Å². The second-order valence-electron chi connectivity index (χ2n) is 11.4. The number of aliphatic carboxylic acids is 1. The Balaban J connectivity index is 1.41. The number of hydrogen-bond acceptors (Lipinski definition) is 4. The highest BCUT2D eigenvalue weighted by atomic mass is 19.4. The van der Waals surface area contributed by atoms with Crippen LogP contribution in [0.4, 0.5) is 13.2 Å². The number of halogens is 3. The van der Waals surface area contributed by atoms with Gasteiger partial charge in [-0.1, -0.05) is 26.0 Å². The number of ether oxygens (including phenoxy) is 1. The van der Waals surface area contributed by atoms with Crippen LogP contribution in [-0.2, 0) is 29.1 Å². The zero-order valence-corrected chi connectivity index (χ0v) is 22.2. The second-order valence-corrected chi connectivity index (χ2v) is 11.4. The smallest absolute Gasteiger partial charge is 0.481 e. The van der Waals surface area contributed by atoms with Crippen molar-refractivity contribution in [2.24, 2.45) is 16.7 Å². The van der Waals surface area contributed by atoms with Crippen LogP contribution in [0, 0.1) is 16.7 Å². The van der Waals surface area contributed by atoms with E-state index in [0.717, 1.165) is 16.6 Å². The molecule has 0 unspecified atom stereocenters. The molecule has 5 rings (SSSR count). The molecule has 1 amide bonds. The van der Waals surface area contributed by atoms with Crippen molar-refractivity contribution in [2.75, 3.05) is 6.54 Å². The molecule has 10 heteroatoms. The molecule has 0 radical (unpaired) electrons. The number of carboxylic acids is 1. The first-order valence-electron chi connectivity index (χ1n) is 13.1. The van der Waals surface area contributed by atoms with Crippen LogP contribution in [0.25, 0.3) is 11.0 Å². The Hall–Kier alpha value is -3.56. The lowest BCUT2D eigenvalue weighted by atomic mass is 9.65. The van der Waals surface area contributed by atoms with Gasteiger partial charge < -0.3 is 19.3 Å². The van der Waals surface area contributed by atoms with Crippen molar-refractivity contribution in [1.82, 2.24) is 14.5 Å². The molecule has 39 heavy (non-hydrogen) atoms. The van der Waals surface area contributed by atoms with Gasteiger partial charge in [0.15, 0.2) is 0 Å². The molecular formula is C29H32F3N3O4. The van der Waals surface area contributed by atoms with Crippen molar-refractivity contribution in [3.05, 3.63) is 59.4 Å². The van der Waals surface area contributed by atoms with Gasteiger partial charge in [0, 0.05) is 36.8 Å². The molecule has 2 atom stereocenters. The summed E-state index contributed by atoms with van der Waals surface area (Å²) in [5, 5.41) is 10.8. The van der Waals surface area contributed by atoms with Crippen LogP contribution in [0.5, 0.6) is 5.75 Å². The normalized spacial score (nSPS) is 22.6. The quantitative estimate of drug-likeness (QED) is 0.426. The standard InChI is InChI=1S/C29H32F3N3O4/c1-27(2)19(9-11-28(27,3)26(37)38)15-24(36)34-13-10-21-22-8-5-12-33-25(22)35(23(21)17-34)16-18-6-4-7-20(14-18)39-29(30,31)32/h4-8,12,14,19H,9-11,13,15-17H2,1-3H3,(H,37,38)/t19-,28+/m1/s1. The van der Waals surface area contributed by atoms with Gasteiger partial charge in [-0.05, 0) is 72.9 Å². The van der Waals surface area contributed by atoms with Crippen molar-refractivity contribution in [1.29, 1.82) is 0 Å². The molecule has 208 valence electrons. The molecule has 2 aromatic heterocycles. The fourth-order valence-corrected chi connectivity index (χ4v) is 6.34. The van der Waals surface area contributed by atoms with Crippen molar-refractivity contribution in [3.63, 3.8) is 0 Å². The summed E-state index contributed by atoms with van der Waals surface area (Å²) in [5.74, 6) is -1.18. The molecule has 1 aliphatic heterocycles. The molecule has 3 aromatic rings. The van der Waals surface area contributed by atoms with Gasteiger partial charge in [-0.15, -0.1) is 13.2 Å². The number of pyridine rings is 1. The molecular weight excluding hydrogens is 511 g/mol. The Morgan fingerprint density at radius 3 is 2.64 bits per heavy atom. The van der Waals surface area contributed by atoms with Crippen LogP contribution in [0.3, 0.4) is 0 Å². The molecule has 1 fully saturated rings. The second kappa shape index (κ2) is 9.57. The van der Waals surface area contributed by atoms with E-state index in [9.17, 15) is 27.9 Å². The minimum absolute atomic E-state index is 0.0151. The van der Waals surface area contributed by atoms with Crippen LogP contribution in [0.2, 0.25) is 0 Å². The summed E-state index contributed by atoms with van der Waals surface area (Å²) in [6.45, 7) is 6.82. The summed E-state index contributed by atoms with van der Waals surface area (Å²) < 4.78 is 44.4. The van der Waals surface area contributed by atoms with Gasteiger partial charge in [0.2, 0.25) is 5.91 Å². The SMILES string of the molecule is CC1(C)[C@@H](CC(=O)N2CCc3c(n(Cc4cccc(OC(F)(F)F)c4)c4ncccc34)C2)CC[C@@]1(C)C(=O)O. The number of carboxylic acid groups (broad SMARTS) is 1. The van der Waals surface area contributed by atoms with E-state index in [1.165, 1.54) is 18.2 Å². The Morgan fingerprint density at radius 1 is 1.18 bits per heavy atom. The number of nitrogens with zero attached hydrogens (tertiary/aromatic N) is 3. The van der Waals surface area contributed by atoms with Gasteiger partial charge in [0.1, 0.15) is 11.4 Å². The van der Waals surface area contributed by atoms with Crippen molar-refractivity contribution < 1.29 is 32.6 Å². The molecule has 3 heterocycles. The molecule has 1 aliphatic carbocycles. The maximum atomic E-state index is 13.5. The molecule has 1 saturated carbocycles. The molecule has 2 aliphatic rings. The first-order chi connectivity index (χ1) is 18.3. The van der Waals surface area contributed by atoms with Crippen LogP contribution in [0.15, 0.2) is 42.6 Å². The number of carbonyl (C=O) groups excluding carboxylic acids is 1. The van der Waals surface area contributed by atoms with Crippen molar-refractivity contribution >= 4 is 22.9 Å². The average molecular weight is 544 g/mol. The molecule has 7 nitrogen and oxygen atoms in total.